The third-order valence-corrected chi connectivity index (χ3v) is 2.52. The SMILES string of the molecule is O=c1[nH]c(Nc2ccccn2)nc2ccccc12. The third kappa shape index (κ3) is 1.93. The largest absolute Gasteiger partial charge is 0.310 e. The number of H-pyrrole nitrogens is 1. The van der Waals surface area contributed by atoms with E-state index in [1.54, 1.807) is 24.4 Å². The quantitative estimate of drug-likeness (QED) is 0.717. The molecule has 3 rings (SSSR count). The van der Waals surface area contributed by atoms with E-state index in [0.717, 1.165) is 0 Å². The molecule has 18 heavy (non-hydrogen) atoms. The highest BCUT2D eigenvalue weighted by molar-refractivity contribution is 5.78. The van der Waals surface area contributed by atoms with Gasteiger partial charge >= 0.3 is 0 Å². The molecule has 2 heterocycles. The van der Waals surface area contributed by atoms with E-state index in [9.17, 15) is 4.79 Å². The van der Waals surface area contributed by atoms with Gasteiger partial charge in [0.05, 0.1) is 10.9 Å². The van der Waals surface area contributed by atoms with Crippen molar-refractivity contribution in [3.63, 3.8) is 0 Å². The van der Waals surface area contributed by atoms with Crippen LogP contribution in [0.1, 0.15) is 0 Å². The average molecular weight is 238 g/mol. The molecule has 0 aliphatic carbocycles. The van der Waals surface area contributed by atoms with Crippen molar-refractivity contribution in [3.8, 4) is 0 Å². The van der Waals surface area contributed by atoms with Gasteiger partial charge < -0.3 is 5.32 Å². The molecule has 0 atom stereocenters. The Kier molecular flexibility index (Phi) is 2.49. The topological polar surface area (TPSA) is 70.7 Å². The summed E-state index contributed by atoms with van der Waals surface area (Å²) in [6.45, 7) is 0. The summed E-state index contributed by atoms with van der Waals surface area (Å²) < 4.78 is 0. The average Bonchev–Trinajstić information content (AvgIpc) is 2.40. The Morgan fingerprint density at radius 1 is 1.06 bits per heavy atom. The second-order valence-corrected chi connectivity index (χ2v) is 3.77. The van der Waals surface area contributed by atoms with Gasteiger partial charge in [-0.15, -0.1) is 0 Å². The lowest BCUT2D eigenvalue weighted by molar-refractivity contribution is 1.15. The minimum absolute atomic E-state index is 0.168. The fraction of sp³-hybridized carbons (Fsp3) is 0. The van der Waals surface area contributed by atoms with Crippen molar-refractivity contribution in [3.05, 3.63) is 59.0 Å². The maximum Gasteiger partial charge on any atom is 0.260 e. The number of fused-ring (bicyclic) bond motifs is 1. The lowest BCUT2D eigenvalue weighted by Crippen LogP contribution is -2.11. The van der Waals surface area contributed by atoms with Gasteiger partial charge in [-0.05, 0) is 24.3 Å². The Hall–Kier alpha value is -2.69. The smallest absolute Gasteiger partial charge is 0.260 e. The van der Waals surface area contributed by atoms with Gasteiger partial charge in [0.15, 0.2) is 0 Å². The zero-order valence-corrected chi connectivity index (χ0v) is 9.42. The number of aromatic amines is 1. The molecule has 5 nitrogen and oxygen atoms in total. The molecule has 0 aliphatic rings. The summed E-state index contributed by atoms with van der Waals surface area (Å²) in [4.78, 5) is 23.0. The number of anilines is 2. The number of hydrogen-bond donors (Lipinski definition) is 2. The van der Waals surface area contributed by atoms with E-state index >= 15 is 0 Å². The summed E-state index contributed by atoms with van der Waals surface area (Å²) in [6, 6.07) is 12.7. The van der Waals surface area contributed by atoms with E-state index in [-0.39, 0.29) is 5.56 Å². The van der Waals surface area contributed by atoms with Crippen LogP contribution in [0.15, 0.2) is 53.5 Å². The van der Waals surface area contributed by atoms with Crippen molar-refractivity contribution >= 4 is 22.7 Å². The summed E-state index contributed by atoms with van der Waals surface area (Å²) in [7, 11) is 0. The van der Waals surface area contributed by atoms with Crippen LogP contribution in [0, 0.1) is 0 Å². The van der Waals surface area contributed by atoms with E-state index < -0.39 is 0 Å². The molecule has 3 aromatic rings. The van der Waals surface area contributed by atoms with Gasteiger partial charge in [-0.2, -0.15) is 0 Å². The lowest BCUT2D eigenvalue weighted by atomic mass is 10.2. The van der Waals surface area contributed by atoms with Crippen LogP contribution in [0.3, 0.4) is 0 Å². The molecule has 0 saturated carbocycles. The minimum Gasteiger partial charge on any atom is -0.310 e. The molecule has 2 aromatic heterocycles. The second-order valence-electron chi connectivity index (χ2n) is 3.77. The van der Waals surface area contributed by atoms with Crippen LogP contribution in [0.4, 0.5) is 11.8 Å². The molecule has 0 bridgehead atoms. The monoisotopic (exact) mass is 238 g/mol. The fourth-order valence-corrected chi connectivity index (χ4v) is 1.70. The van der Waals surface area contributed by atoms with Crippen molar-refractivity contribution < 1.29 is 0 Å². The van der Waals surface area contributed by atoms with Crippen LogP contribution in [0.25, 0.3) is 10.9 Å². The minimum atomic E-state index is -0.168. The molecule has 0 saturated heterocycles. The van der Waals surface area contributed by atoms with Crippen molar-refractivity contribution in [2.75, 3.05) is 5.32 Å². The summed E-state index contributed by atoms with van der Waals surface area (Å²) in [5.41, 5.74) is 0.485. The summed E-state index contributed by atoms with van der Waals surface area (Å²) >= 11 is 0. The Morgan fingerprint density at radius 2 is 1.89 bits per heavy atom. The van der Waals surface area contributed by atoms with E-state index in [2.05, 4.69) is 20.3 Å². The van der Waals surface area contributed by atoms with Gasteiger partial charge in [0.1, 0.15) is 5.82 Å². The molecule has 5 heteroatoms. The van der Waals surface area contributed by atoms with E-state index in [4.69, 9.17) is 0 Å². The van der Waals surface area contributed by atoms with Gasteiger partial charge in [-0.25, -0.2) is 9.97 Å². The summed E-state index contributed by atoms with van der Waals surface area (Å²) in [5.74, 6) is 1.02. The number of rotatable bonds is 2. The van der Waals surface area contributed by atoms with Crippen LogP contribution in [-0.2, 0) is 0 Å². The first kappa shape index (κ1) is 10.5. The Balaban J connectivity index is 2.06. The highest BCUT2D eigenvalue weighted by atomic mass is 16.1. The van der Waals surface area contributed by atoms with Crippen molar-refractivity contribution in [1.82, 2.24) is 15.0 Å². The molecule has 0 unspecified atom stereocenters. The van der Waals surface area contributed by atoms with E-state index in [0.29, 0.717) is 22.7 Å². The van der Waals surface area contributed by atoms with Gasteiger partial charge in [0, 0.05) is 6.20 Å². The van der Waals surface area contributed by atoms with Gasteiger partial charge in [-0.1, -0.05) is 18.2 Å². The van der Waals surface area contributed by atoms with Crippen molar-refractivity contribution in [2.45, 2.75) is 0 Å². The molecule has 0 spiro atoms. The third-order valence-electron chi connectivity index (χ3n) is 2.52. The Bertz CT molecular complexity index is 737. The maximum atomic E-state index is 11.8. The first-order valence-electron chi connectivity index (χ1n) is 5.50. The van der Waals surface area contributed by atoms with E-state index in [1.165, 1.54) is 0 Å². The summed E-state index contributed by atoms with van der Waals surface area (Å²) in [5, 5.41) is 3.53. The standard InChI is InChI=1S/C13H10N4O/c18-12-9-5-1-2-6-10(9)15-13(17-12)16-11-7-3-4-8-14-11/h1-8H,(H2,14,15,16,17,18). The van der Waals surface area contributed by atoms with Gasteiger partial charge in [0.2, 0.25) is 5.95 Å². The normalized spacial score (nSPS) is 10.4. The van der Waals surface area contributed by atoms with Crippen molar-refractivity contribution in [1.29, 1.82) is 0 Å². The number of pyridine rings is 1. The first-order valence-corrected chi connectivity index (χ1v) is 5.50. The number of benzene rings is 1. The maximum absolute atomic E-state index is 11.8. The zero-order valence-electron chi connectivity index (χ0n) is 9.42. The van der Waals surface area contributed by atoms with E-state index in [1.807, 2.05) is 24.3 Å². The van der Waals surface area contributed by atoms with Crippen LogP contribution in [0.2, 0.25) is 0 Å². The highest BCUT2D eigenvalue weighted by Crippen LogP contribution is 2.11. The number of nitrogens with zero attached hydrogens (tertiary/aromatic N) is 2. The highest BCUT2D eigenvalue weighted by Gasteiger charge is 2.03. The zero-order chi connectivity index (χ0) is 12.4. The predicted octanol–water partition coefficient (Wildman–Crippen LogP) is 2.06. The van der Waals surface area contributed by atoms with Crippen molar-refractivity contribution in [2.24, 2.45) is 0 Å². The fourth-order valence-electron chi connectivity index (χ4n) is 1.70. The first-order chi connectivity index (χ1) is 8.83. The second kappa shape index (κ2) is 4.29. The van der Waals surface area contributed by atoms with Crippen LogP contribution < -0.4 is 10.9 Å². The number of nitrogens with one attached hydrogen (secondary N) is 2. The molecular formula is C13H10N4O. The lowest BCUT2D eigenvalue weighted by Gasteiger charge is -2.04. The predicted molar refractivity (Wildman–Crippen MR) is 69.9 cm³/mol. The molecule has 0 amide bonds. The molecule has 0 fully saturated rings. The van der Waals surface area contributed by atoms with Crippen LogP contribution in [0.5, 0.6) is 0 Å². The molecule has 1 aromatic carbocycles. The summed E-state index contributed by atoms with van der Waals surface area (Å²) in [6.07, 6.45) is 1.67. The number of hydrogen-bond acceptors (Lipinski definition) is 4. The van der Waals surface area contributed by atoms with Gasteiger partial charge in [-0.3, -0.25) is 9.78 Å². The Labute approximate surface area is 103 Å². The Morgan fingerprint density at radius 3 is 2.72 bits per heavy atom. The van der Waals surface area contributed by atoms with Crippen LogP contribution in [-0.4, -0.2) is 15.0 Å². The molecule has 88 valence electrons. The number of aromatic nitrogens is 3. The molecule has 0 radical (unpaired) electrons. The van der Waals surface area contributed by atoms with Gasteiger partial charge in [0.25, 0.3) is 5.56 Å². The molecule has 0 aliphatic heterocycles. The van der Waals surface area contributed by atoms with Crippen LogP contribution >= 0.6 is 0 Å². The molecular weight excluding hydrogens is 228 g/mol. The number of para-hydroxylation sites is 1. The molecule has 2 N–H and O–H groups in total.